The van der Waals surface area contributed by atoms with Crippen molar-refractivity contribution in [3.05, 3.63) is 187 Å². The molecule has 0 atom stereocenters. The molecule has 1 aromatic heterocycles. The maximum absolute atomic E-state index is 8.77. The van der Waals surface area contributed by atoms with E-state index in [1.54, 1.807) is 18.2 Å². The highest BCUT2D eigenvalue weighted by molar-refractivity contribution is 6.24. The Hall–Kier alpha value is -6.38. The topological polar surface area (TPSA) is 16.4 Å². The highest BCUT2D eigenvalue weighted by Crippen LogP contribution is 2.52. The van der Waals surface area contributed by atoms with Gasteiger partial charge in [-0.2, -0.15) is 0 Å². The summed E-state index contributed by atoms with van der Waals surface area (Å²) < 4.78 is 91.1. The van der Waals surface area contributed by atoms with E-state index in [9.17, 15) is 0 Å². The molecule has 0 unspecified atom stereocenters. The zero-order valence-corrected chi connectivity index (χ0v) is 27.8. The van der Waals surface area contributed by atoms with Crippen LogP contribution in [-0.2, 0) is 5.41 Å². The van der Waals surface area contributed by atoms with Gasteiger partial charge in [0.2, 0.25) is 0 Å². The fraction of sp³-hybridized carbons (Fsp3) is 0.0612. The van der Waals surface area contributed by atoms with E-state index in [-0.39, 0.29) is 40.7 Å². The van der Waals surface area contributed by atoms with Gasteiger partial charge in [-0.25, -0.2) is 0 Å². The fourth-order valence-electron chi connectivity index (χ4n) is 7.85. The number of nitrogens with zero attached hydrogens (tertiary/aromatic N) is 1. The molecule has 2 nitrogen and oxygen atoms in total. The van der Waals surface area contributed by atoms with E-state index < -0.39 is 36.3 Å². The van der Waals surface area contributed by atoms with Crippen LogP contribution < -0.4 is 4.90 Å². The molecule has 1 aliphatic rings. The summed E-state index contributed by atoms with van der Waals surface area (Å²) in [6, 6.07) is 33.9. The standard InChI is InChI=1S/C49H35NO/c1-49(2)42-21-10-9-18-39(42)40-29-28-37(31-43(40)49)50(36-26-23-33(24-27-36)32-13-5-3-6-14-32)44-22-11-17-35-25-30-45-47(46(35)44)41-20-12-19-38(48(41)51-45)34-15-7-4-8-16-34/h3-31H,1-2H3/i3D,4D,5D,6D,7D,8D,13D,14D,15D,16D. The second kappa shape index (κ2) is 11.3. The van der Waals surface area contributed by atoms with Crippen LogP contribution in [0.25, 0.3) is 66.1 Å². The van der Waals surface area contributed by atoms with Crippen LogP contribution in [0.5, 0.6) is 0 Å². The molecule has 0 radical (unpaired) electrons. The number of rotatable bonds is 5. The van der Waals surface area contributed by atoms with Gasteiger partial charge in [-0.3, -0.25) is 0 Å². The Morgan fingerprint density at radius 2 is 1.22 bits per heavy atom. The third kappa shape index (κ3) is 4.57. The lowest BCUT2D eigenvalue weighted by molar-refractivity contribution is 0.660. The Morgan fingerprint density at radius 3 is 2.02 bits per heavy atom. The minimum atomic E-state index is -0.466. The lowest BCUT2D eigenvalue weighted by Gasteiger charge is -2.29. The van der Waals surface area contributed by atoms with Crippen molar-refractivity contribution >= 4 is 49.8 Å². The second-order valence-corrected chi connectivity index (χ2v) is 13.4. The van der Waals surface area contributed by atoms with Crippen molar-refractivity contribution in [2.75, 3.05) is 4.90 Å². The third-order valence-electron chi connectivity index (χ3n) is 10.2. The van der Waals surface area contributed by atoms with Crippen molar-refractivity contribution in [2.24, 2.45) is 0 Å². The van der Waals surface area contributed by atoms with Crippen LogP contribution >= 0.6 is 0 Å². The summed E-state index contributed by atoms with van der Waals surface area (Å²) in [5.74, 6) is 0. The predicted molar refractivity (Wildman–Crippen MR) is 214 cm³/mol. The van der Waals surface area contributed by atoms with E-state index in [2.05, 4.69) is 61.2 Å². The first kappa shape index (κ1) is 21.0. The molecule has 0 N–H and O–H groups in total. The maximum Gasteiger partial charge on any atom is 0.143 e. The van der Waals surface area contributed by atoms with Crippen LogP contribution in [-0.4, -0.2) is 0 Å². The lowest BCUT2D eigenvalue weighted by Crippen LogP contribution is -2.16. The molecule has 9 aromatic rings. The van der Waals surface area contributed by atoms with Crippen molar-refractivity contribution in [3.63, 3.8) is 0 Å². The van der Waals surface area contributed by atoms with Gasteiger partial charge in [0.25, 0.3) is 0 Å². The van der Waals surface area contributed by atoms with Gasteiger partial charge in [-0.1, -0.05) is 153 Å². The first-order valence-corrected chi connectivity index (χ1v) is 16.9. The summed E-state index contributed by atoms with van der Waals surface area (Å²) in [7, 11) is 0. The van der Waals surface area contributed by atoms with Gasteiger partial charge in [0.15, 0.2) is 0 Å². The monoisotopic (exact) mass is 663 g/mol. The quantitative estimate of drug-likeness (QED) is 0.182. The van der Waals surface area contributed by atoms with Crippen molar-refractivity contribution in [1.29, 1.82) is 0 Å². The van der Waals surface area contributed by atoms with Crippen LogP contribution in [0.15, 0.2) is 180 Å². The molecule has 2 heteroatoms. The molecule has 0 fully saturated rings. The van der Waals surface area contributed by atoms with E-state index in [4.69, 9.17) is 18.1 Å². The molecule has 10 rings (SSSR count). The smallest absolute Gasteiger partial charge is 0.143 e. The number of hydrogen-bond donors (Lipinski definition) is 0. The maximum atomic E-state index is 8.77. The third-order valence-corrected chi connectivity index (χ3v) is 10.2. The first-order valence-electron chi connectivity index (χ1n) is 21.9. The van der Waals surface area contributed by atoms with E-state index in [0.717, 1.165) is 44.3 Å². The summed E-state index contributed by atoms with van der Waals surface area (Å²) >= 11 is 0. The van der Waals surface area contributed by atoms with Crippen LogP contribution in [0.3, 0.4) is 0 Å². The number of para-hydroxylation sites is 1. The molecule has 0 spiro atoms. The van der Waals surface area contributed by atoms with E-state index in [0.29, 0.717) is 27.7 Å². The van der Waals surface area contributed by atoms with Crippen molar-refractivity contribution < 1.29 is 18.1 Å². The summed E-state index contributed by atoms with van der Waals surface area (Å²) in [4.78, 5) is 2.16. The van der Waals surface area contributed by atoms with Gasteiger partial charge in [0, 0.05) is 38.5 Å². The minimum absolute atomic E-state index is 0.0581. The minimum Gasteiger partial charge on any atom is -0.455 e. The van der Waals surface area contributed by atoms with Gasteiger partial charge in [0.1, 0.15) is 11.2 Å². The molecule has 1 aliphatic carbocycles. The zero-order valence-electron chi connectivity index (χ0n) is 37.8. The highest BCUT2D eigenvalue weighted by Gasteiger charge is 2.36. The van der Waals surface area contributed by atoms with Gasteiger partial charge in [-0.05, 0) is 80.7 Å². The number of hydrogen-bond acceptors (Lipinski definition) is 2. The Balaban J connectivity index is 1.24. The molecule has 242 valence electrons. The van der Waals surface area contributed by atoms with Crippen LogP contribution in [0.2, 0.25) is 0 Å². The summed E-state index contributed by atoms with van der Waals surface area (Å²) in [5.41, 5.74) is 8.86. The molecule has 0 saturated carbocycles. The second-order valence-electron chi connectivity index (χ2n) is 13.4. The van der Waals surface area contributed by atoms with E-state index in [1.807, 2.05) is 54.6 Å². The van der Waals surface area contributed by atoms with Crippen LogP contribution in [0.1, 0.15) is 38.7 Å². The van der Waals surface area contributed by atoms with Gasteiger partial charge >= 0.3 is 0 Å². The molecule has 0 aliphatic heterocycles. The van der Waals surface area contributed by atoms with E-state index in [1.165, 1.54) is 11.1 Å². The lowest BCUT2D eigenvalue weighted by atomic mass is 9.82. The summed E-state index contributed by atoms with van der Waals surface area (Å²) in [5, 5.41) is 3.26. The Labute approximate surface area is 311 Å². The Bertz CT molecular complexity index is 3300. The SMILES string of the molecule is [2H]c1c([2H])c([2H])c(-c2ccc(N(c3ccc4c(c3)C(C)(C)c3ccccc3-4)c3cccc4ccc5oc6c(-c7c([2H])c([2H])c([2H])c([2H])c7[2H])cccc6c5c34)cc2)c([2H])c1[2H]. The highest BCUT2D eigenvalue weighted by atomic mass is 16.3. The molecule has 1 heterocycles. The number of anilines is 3. The number of benzene rings is 8. The Kier molecular flexibility index (Phi) is 4.66. The molecule has 0 saturated heterocycles. The van der Waals surface area contributed by atoms with Crippen molar-refractivity contribution in [1.82, 2.24) is 0 Å². The van der Waals surface area contributed by atoms with Gasteiger partial charge < -0.3 is 9.32 Å². The van der Waals surface area contributed by atoms with Crippen LogP contribution in [0.4, 0.5) is 17.1 Å². The molecule has 8 aromatic carbocycles. The van der Waals surface area contributed by atoms with Gasteiger partial charge in [-0.15, -0.1) is 0 Å². The van der Waals surface area contributed by atoms with Crippen LogP contribution in [0, 0.1) is 0 Å². The normalized spacial score (nSPS) is 15.8. The average molecular weight is 664 g/mol. The zero-order chi connectivity index (χ0) is 42.8. The first-order chi connectivity index (χ1) is 29.2. The molecule has 0 amide bonds. The average Bonchev–Trinajstić information content (AvgIpc) is 3.77. The predicted octanol–water partition coefficient (Wildman–Crippen LogP) is 13.8. The van der Waals surface area contributed by atoms with Crippen molar-refractivity contribution in [3.8, 4) is 33.4 Å². The Morgan fingerprint density at radius 1 is 0.529 bits per heavy atom. The number of furan rings is 1. The summed E-state index contributed by atoms with van der Waals surface area (Å²) in [6.07, 6.45) is 0. The molecular weight excluding hydrogens is 619 g/mol. The van der Waals surface area contributed by atoms with Gasteiger partial charge in [0.05, 0.1) is 19.4 Å². The van der Waals surface area contributed by atoms with Crippen molar-refractivity contribution in [2.45, 2.75) is 19.3 Å². The molecule has 51 heavy (non-hydrogen) atoms. The molecule has 0 bridgehead atoms. The number of fused-ring (bicyclic) bond motifs is 8. The molecular formula is C49H35NO. The fourth-order valence-corrected chi connectivity index (χ4v) is 7.85. The largest absolute Gasteiger partial charge is 0.455 e. The van der Waals surface area contributed by atoms with E-state index >= 15 is 0 Å². The summed E-state index contributed by atoms with van der Waals surface area (Å²) in [6.45, 7) is 4.46.